The molecule has 0 saturated carbocycles. The topological polar surface area (TPSA) is 77.8 Å². The highest BCUT2D eigenvalue weighted by Gasteiger charge is 2.21. The summed E-state index contributed by atoms with van der Waals surface area (Å²) in [5, 5.41) is 8.54. The van der Waals surface area contributed by atoms with E-state index >= 15 is 0 Å². The number of rotatable bonds is 5. The van der Waals surface area contributed by atoms with Crippen molar-refractivity contribution in [3.8, 4) is 56.7 Å². The molecule has 0 fully saturated rings. The van der Waals surface area contributed by atoms with Crippen molar-refractivity contribution >= 4 is 65.4 Å². The van der Waals surface area contributed by atoms with E-state index in [4.69, 9.17) is 28.8 Å². The molecule has 3 heterocycles. The molecule has 12 rings (SSSR count). The van der Waals surface area contributed by atoms with Gasteiger partial charge in [-0.25, -0.2) is 19.9 Å². The number of aromatic nitrogens is 4. The molecule has 0 aliphatic carbocycles. The lowest BCUT2D eigenvalue weighted by atomic mass is 9.89. The minimum absolute atomic E-state index is 0.559. The molecule has 0 aliphatic heterocycles. The number of nitrogens with zero attached hydrogens (tertiary/aromatic N) is 4. The molecule has 9 aromatic carbocycles. The Kier molecular flexibility index (Phi) is 7.13. The number of furan rings is 1. The Balaban J connectivity index is 1.10. The number of hydrogen-bond donors (Lipinski definition) is 0. The van der Waals surface area contributed by atoms with Crippen LogP contribution in [0.15, 0.2) is 191 Å². The maximum absolute atomic E-state index is 6.77. The Morgan fingerprint density at radius 3 is 1.74 bits per heavy atom. The first kappa shape index (κ1) is 32.3. The lowest BCUT2D eigenvalue weighted by Gasteiger charge is -2.16. The van der Waals surface area contributed by atoms with Crippen LogP contribution in [0, 0.1) is 0 Å². The molecule has 6 nitrogen and oxygen atoms in total. The van der Waals surface area contributed by atoms with Crippen molar-refractivity contribution < 1.29 is 8.83 Å². The molecule has 58 heavy (non-hydrogen) atoms. The fourth-order valence-electron chi connectivity index (χ4n) is 8.44. The van der Waals surface area contributed by atoms with Crippen molar-refractivity contribution in [3.63, 3.8) is 0 Å². The van der Waals surface area contributed by atoms with Crippen LogP contribution in [-0.2, 0) is 0 Å². The third-order valence-electron chi connectivity index (χ3n) is 11.1. The van der Waals surface area contributed by atoms with Gasteiger partial charge in [-0.1, -0.05) is 146 Å². The van der Waals surface area contributed by atoms with Gasteiger partial charge < -0.3 is 8.83 Å². The second kappa shape index (κ2) is 12.8. The summed E-state index contributed by atoms with van der Waals surface area (Å²) in [7, 11) is 0. The summed E-state index contributed by atoms with van der Waals surface area (Å²) < 4.78 is 13.0. The van der Waals surface area contributed by atoms with Gasteiger partial charge in [-0.2, -0.15) is 0 Å². The molecular formula is C52H30N4O2. The minimum atomic E-state index is 0.559. The van der Waals surface area contributed by atoms with E-state index in [0.29, 0.717) is 23.4 Å². The van der Waals surface area contributed by atoms with E-state index in [9.17, 15) is 0 Å². The second-order valence-electron chi connectivity index (χ2n) is 14.6. The quantitative estimate of drug-likeness (QED) is 0.163. The molecular weight excluding hydrogens is 713 g/mol. The SMILES string of the molecule is c1ccc(-c2nc(-c3ccccc3)nc(-c3ccc(-c4cc(-c5nc6ccc7oc8ccccc8c7c6o5)c5ccccc5c4)c4c3ccc3ccccc34)n2)cc1. The Morgan fingerprint density at radius 2 is 0.966 bits per heavy atom. The largest absolute Gasteiger partial charge is 0.456 e. The van der Waals surface area contributed by atoms with Crippen molar-refractivity contribution in [3.05, 3.63) is 182 Å². The Hall–Kier alpha value is -7.96. The van der Waals surface area contributed by atoms with E-state index in [1.165, 1.54) is 0 Å². The molecule has 0 radical (unpaired) electrons. The predicted octanol–water partition coefficient (Wildman–Crippen LogP) is 13.7. The molecule has 0 N–H and O–H groups in total. The summed E-state index contributed by atoms with van der Waals surface area (Å²) in [6.45, 7) is 0. The van der Waals surface area contributed by atoms with E-state index in [0.717, 1.165) is 98.7 Å². The van der Waals surface area contributed by atoms with E-state index in [1.807, 2.05) is 91.0 Å². The Labute approximate surface area is 331 Å². The average Bonchev–Trinajstić information content (AvgIpc) is 3.90. The highest BCUT2D eigenvalue weighted by atomic mass is 16.4. The van der Waals surface area contributed by atoms with Crippen LogP contribution in [0.4, 0.5) is 0 Å². The van der Waals surface area contributed by atoms with Crippen molar-refractivity contribution in [1.29, 1.82) is 0 Å². The maximum atomic E-state index is 6.77. The van der Waals surface area contributed by atoms with E-state index < -0.39 is 0 Å². The molecule has 270 valence electrons. The zero-order valence-electron chi connectivity index (χ0n) is 30.9. The first-order chi connectivity index (χ1) is 28.7. The van der Waals surface area contributed by atoms with Gasteiger partial charge in [-0.3, -0.25) is 0 Å². The number of benzene rings is 9. The normalized spacial score (nSPS) is 11.8. The van der Waals surface area contributed by atoms with Crippen LogP contribution in [0.5, 0.6) is 0 Å². The first-order valence-electron chi connectivity index (χ1n) is 19.3. The Bertz CT molecular complexity index is 3510. The summed E-state index contributed by atoms with van der Waals surface area (Å²) in [6, 6.07) is 62.5. The zero-order chi connectivity index (χ0) is 38.2. The summed E-state index contributed by atoms with van der Waals surface area (Å²) in [6.07, 6.45) is 0. The van der Waals surface area contributed by atoms with Gasteiger partial charge in [0.15, 0.2) is 23.1 Å². The molecule has 0 saturated heterocycles. The fraction of sp³-hybridized carbons (Fsp3) is 0. The van der Waals surface area contributed by atoms with Gasteiger partial charge >= 0.3 is 0 Å². The van der Waals surface area contributed by atoms with Crippen LogP contribution in [0.25, 0.3) is 122 Å². The van der Waals surface area contributed by atoms with E-state index in [2.05, 4.69) is 91.0 Å². The standard InChI is InChI=1S/C52H30N4O2/c1-3-14-32(15-4-1)49-54-50(33-16-5-2-6-17-33)56-51(55-49)40-26-25-38(46-37-20-10-7-13-31(37)23-24-39(40)46)35-29-34-18-8-9-19-36(34)42(30-35)52-53-43-27-28-45-47(48(43)58-52)41-21-11-12-22-44(41)57-45/h1-30H. The van der Waals surface area contributed by atoms with Gasteiger partial charge in [0, 0.05) is 27.6 Å². The number of para-hydroxylation sites is 1. The third kappa shape index (κ3) is 5.12. The number of fused-ring (bicyclic) bond motifs is 9. The summed E-state index contributed by atoms with van der Waals surface area (Å²) in [5.74, 6) is 2.42. The molecule has 3 aromatic heterocycles. The molecule has 0 bridgehead atoms. The molecule has 0 spiro atoms. The highest BCUT2D eigenvalue weighted by molar-refractivity contribution is 6.19. The summed E-state index contributed by atoms with van der Waals surface area (Å²) >= 11 is 0. The Morgan fingerprint density at radius 1 is 0.328 bits per heavy atom. The number of oxazole rings is 1. The minimum Gasteiger partial charge on any atom is -0.456 e. The smallest absolute Gasteiger partial charge is 0.227 e. The maximum Gasteiger partial charge on any atom is 0.227 e. The lowest BCUT2D eigenvalue weighted by Crippen LogP contribution is -2.01. The molecule has 0 amide bonds. The fourth-order valence-corrected chi connectivity index (χ4v) is 8.44. The van der Waals surface area contributed by atoms with Crippen LogP contribution in [0.1, 0.15) is 0 Å². The molecule has 0 aliphatic rings. The van der Waals surface area contributed by atoms with Crippen molar-refractivity contribution in [2.75, 3.05) is 0 Å². The van der Waals surface area contributed by atoms with Crippen molar-refractivity contribution in [2.45, 2.75) is 0 Å². The summed E-state index contributed by atoms with van der Waals surface area (Å²) in [5.41, 5.74) is 8.94. The van der Waals surface area contributed by atoms with E-state index in [1.54, 1.807) is 0 Å². The lowest BCUT2D eigenvalue weighted by molar-refractivity contribution is 0.623. The van der Waals surface area contributed by atoms with Crippen LogP contribution in [-0.4, -0.2) is 19.9 Å². The van der Waals surface area contributed by atoms with Gasteiger partial charge in [0.25, 0.3) is 0 Å². The van der Waals surface area contributed by atoms with Gasteiger partial charge in [0.05, 0.1) is 5.39 Å². The second-order valence-corrected chi connectivity index (χ2v) is 14.6. The monoisotopic (exact) mass is 742 g/mol. The van der Waals surface area contributed by atoms with Crippen LogP contribution in [0.3, 0.4) is 0 Å². The van der Waals surface area contributed by atoms with Gasteiger partial charge in [-0.05, 0) is 79.8 Å². The number of hydrogen-bond acceptors (Lipinski definition) is 6. The van der Waals surface area contributed by atoms with E-state index in [-0.39, 0.29) is 0 Å². The zero-order valence-corrected chi connectivity index (χ0v) is 30.9. The predicted molar refractivity (Wildman–Crippen MR) is 234 cm³/mol. The molecule has 0 unspecified atom stereocenters. The van der Waals surface area contributed by atoms with Gasteiger partial charge in [0.2, 0.25) is 5.89 Å². The van der Waals surface area contributed by atoms with Crippen molar-refractivity contribution in [2.24, 2.45) is 0 Å². The molecule has 0 atom stereocenters. The van der Waals surface area contributed by atoms with Crippen LogP contribution in [0.2, 0.25) is 0 Å². The van der Waals surface area contributed by atoms with Gasteiger partial charge in [-0.15, -0.1) is 0 Å². The van der Waals surface area contributed by atoms with Gasteiger partial charge in [0.1, 0.15) is 16.7 Å². The first-order valence-corrected chi connectivity index (χ1v) is 19.3. The van der Waals surface area contributed by atoms with Crippen molar-refractivity contribution in [1.82, 2.24) is 19.9 Å². The highest BCUT2D eigenvalue weighted by Crippen LogP contribution is 2.43. The third-order valence-corrected chi connectivity index (χ3v) is 11.1. The molecule has 6 heteroatoms. The average molecular weight is 743 g/mol. The summed E-state index contributed by atoms with van der Waals surface area (Å²) in [4.78, 5) is 20.3. The molecule has 12 aromatic rings. The van der Waals surface area contributed by atoms with Crippen LogP contribution < -0.4 is 0 Å². The van der Waals surface area contributed by atoms with Crippen LogP contribution >= 0.6 is 0 Å².